The van der Waals surface area contributed by atoms with Gasteiger partial charge < -0.3 is 4.57 Å². The van der Waals surface area contributed by atoms with Crippen molar-refractivity contribution >= 4 is 42.9 Å². The molecule has 0 aliphatic rings. The van der Waals surface area contributed by atoms with Gasteiger partial charge in [-0.15, -0.1) is 0 Å². The molecule has 0 aliphatic heterocycles. The molecule has 2 heterocycles. The molecule has 2 rings (SSSR count). The molecule has 0 radical (unpaired) electrons. The van der Waals surface area contributed by atoms with Gasteiger partial charge in [-0.1, -0.05) is 0 Å². The Morgan fingerprint density at radius 2 is 2.08 bits per heavy atom. The van der Waals surface area contributed by atoms with E-state index in [2.05, 4.69) is 36.8 Å². The van der Waals surface area contributed by atoms with E-state index < -0.39 is 0 Å². The number of fused-ring (bicyclic) bond motifs is 1. The molecular weight excluding hydrogens is 284 g/mol. The highest BCUT2D eigenvalue weighted by molar-refractivity contribution is 9.10. The van der Waals surface area contributed by atoms with Crippen LogP contribution in [0, 0.1) is 0 Å². The molecule has 0 saturated carbocycles. The van der Waals surface area contributed by atoms with E-state index in [1.165, 1.54) is 0 Å². The van der Waals surface area contributed by atoms with Gasteiger partial charge in [0, 0.05) is 17.7 Å². The van der Waals surface area contributed by atoms with Gasteiger partial charge in [-0.25, -0.2) is 0 Å². The summed E-state index contributed by atoms with van der Waals surface area (Å²) in [5.41, 5.74) is 2.13. The summed E-state index contributed by atoms with van der Waals surface area (Å²) in [5.74, 6) is 0. The predicted molar refractivity (Wildman–Crippen MR) is 56.1 cm³/mol. The van der Waals surface area contributed by atoms with Crippen LogP contribution < -0.4 is 0 Å². The summed E-state index contributed by atoms with van der Waals surface area (Å²) in [6.45, 7) is 0. The van der Waals surface area contributed by atoms with E-state index in [9.17, 15) is 0 Å². The van der Waals surface area contributed by atoms with Crippen molar-refractivity contribution < 1.29 is 0 Å². The average molecular weight is 290 g/mol. The van der Waals surface area contributed by atoms with Crippen LogP contribution in [0.1, 0.15) is 0 Å². The van der Waals surface area contributed by atoms with E-state index >= 15 is 0 Å². The highest BCUT2D eigenvalue weighted by Crippen LogP contribution is 2.23. The van der Waals surface area contributed by atoms with Gasteiger partial charge in [-0.05, 0) is 44.0 Å². The first kappa shape index (κ1) is 8.26. The average Bonchev–Trinajstić information content (AvgIpc) is 2.31. The first-order valence-electron chi connectivity index (χ1n) is 3.45. The molecule has 0 spiro atoms. The minimum Gasteiger partial charge on any atom is -0.337 e. The minimum atomic E-state index is 1.00. The van der Waals surface area contributed by atoms with Crippen LogP contribution in [0.2, 0.25) is 0 Å². The maximum atomic E-state index is 4.26. The van der Waals surface area contributed by atoms with Crippen molar-refractivity contribution in [1.29, 1.82) is 0 Å². The van der Waals surface area contributed by atoms with E-state index in [1.54, 1.807) is 6.20 Å². The molecule has 4 heteroatoms. The summed E-state index contributed by atoms with van der Waals surface area (Å²) in [4.78, 5) is 4.26. The largest absolute Gasteiger partial charge is 0.337 e. The fourth-order valence-electron chi connectivity index (χ4n) is 1.14. The molecule has 62 valence electrons. The van der Waals surface area contributed by atoms with Crippen molar-refractivity contribution in [2.75, 3.05) is 0 Å². The zero-order valence-electron chi connectivity index (χ0n) is 6.38. The lowest BCUT2D eigenvalue weighted by atomic mass is 10.4. The lowest BCUT2D eigenvalue weighted by Gasteiger charge is -1.96. The van der Waals surface area contributed by atoms with E-state index in [0.717, 1.165) is 20.1 Å². The number of halogens is 2. The second kappa shape index (κ2) is 2.85. The Labute approximate surface area is 86.9 Å². The summed E-state index contributed by atoms with van der Waals surface area (Å²) in [5, 5.41) is 0. The van der Waals surface area contributed by atoms with Gasteiger partial charge in [0.2, 0.25) is 0 Å². The molecule has 0 aliphatic carbocycles. The number of nitrogens with zero attached hydrogens (tertiary/aromatic N) is 2. The molecule has 0 saturated heterocycles. The third-order valence-corrected chi connectivity index (χ3v) is 3.00. The molecule has 0 N–H and O–H groups in total. The standard InChI is InChI=1S/C8H6Br2N2/c1-12-7-2-5(9)4-11-6(7)3-8(12)10/h2-4H,1H3. The number of hydrogen-bond donors (Lipinski definition) is 0. The molecule has 0 aromatic carbocycles. The summed E-state index contributed by atoms with van der Waals surface area (Å²) in [6, 6.07) is 4.05. The van der Waals surface area contributed by atoms with Crippen molar-refractivity contribution in [3.05, 3.63) is 27.4 Å². The monoisotopic (exact) mass is 288 g/mol. The lowest BCUT2D eigenvalue weighted by Crippen LogP contribution is -1.86. The molecule has 2 aromatic heterocycles. The fourth-order valence-corrected chi connectivity index (χ4v) is 1.87. The maximum Gasteiger partial charge on any atom is 0.0893 e. The van der Waals surface area contributed by atoms with Crippen LogP contribution in [-0.4, -0.2) is 9.55 Å². The first-order chi connectivity index (χ1) is 5.68. The van der Waals surface area contributed by atoms with E-state index in [4.69, 9.17) is 0 Å². The van der Waals surface area contributed by atoms with Crippen LogP contribution in [0.25, 0.3) is 11.0 Å². The highest BCUT2D eigenvalue weighted by atomic mass is 79.9. The van der Waals surface area contributed by atoms with E-state index in [1.807, 2.05) is 23.7 Å². The summed E-state index contributed by atoms with van der Waals surface area (Å²) in [6.07, 6.45) is 1.80. The Kier molecular flexibility index (Phi) is 1.96. The summed E-state index contributed by atoms with van der Waals surface area (Å²) in [7, 11) is 2.00. The molecule has 0 bridgehead atoms. The number of hydrogen-bond acceptors (Lipinski definition) is 1. The Balaban J connectivity index is 2.88. The molecule has 0 amide bonds. The zero-order valence-corrected chi connectivity index (χ0v) is 9.55. The molecule has 2 aromatic rings. The SMILES string of the molecule is Cn1c(Br)cc2ncc(Br)cc21. The van der Waals surface area contributed by atoms with Crippen LogP contribution in [-0.2, 0) is 7.05 Å². The number of rotatable bonds is 0. The van der Waals surface area contributed by atoms with Crippen molar-refractivity contribution in [2.24, 2.45) is 7.05 Å². The summed E-state index contributed by atoms with van der Waals surface area (Å²) < 4.78 is 4.10. The predicted octanol–water partition coefficient (Wildman–Crippen LogP) is 3.10. The van der Waals surface area contributed by atoms with Crippen molar-refractivity contribution in [2.45, 2.75) is 0 Å². The maximum absolute atomic E-state index is 4.26. The molecule has 2 nitrogen and oxygen atoms in total. The van der Waals surface area contributed by atoms with Crippen LogP contribution in [0.5, 0.6) is 0 Å². The van der Waals surface area contributed by atoms with Crippen LogP contribution in [0.4, 0.5) is 0 Å². The normalized spacial score (nSPS) is 10.9. The molecule has 0 fully saturated rings. The molecule has 0 atom stereocenters. The molecule has 0 unspecified atom stereocenters. The van der Waals surface area contributed by atoms with Crippen molar-refractivity contribution in [3.63, 3.8) is 0 Å². The second-order valence-electron chi connectivity index (χ2n) is 2.58. The van der Waals surface area contributed by atoms with Crippen molar-refractivity contribution in [1.82, 2.24) is 9.55 Å². The number of pyridine rings is 1. The number of aryl methyl sites for hydroxylation is 1. The smallest absolute Gasteiger partial charge is 0.0893 e. The third-order valence-electron chi connectivity index (χ3n) is 1.80. The number of aromatic nitrogens is 2. The van der Waals surface area contributed by atoms with Crippen LogP contribution >= 0.6 is 31.9 Å². The van der Waals surface area contributed by atoms with Crippen LogP contribution in [0.15, 0.2) is 27.4 Å². The van der Waals surface area contributed by atoms with Gasteiger partial charge in [0.05, 0.1) is 15.6 Å². The Morgan fingerprint density at radius 3 is 2.83 bits per heavy atom. The quantitative estimate of drug-likeness (QED) is 0.729. The fraction of sp³-hybridized carbons (Fsp3) is 0.125. The first-order valence-corrected chi connectivity index (χ1v) is 5.03. The zero-order chi connectivity index (χ0) is 8.72. The van der Waals surface area contributed by atoms with Gasteiger partial charge >= 0.3 is 0 Å². The van der Waals surface area contributed by atoms with Gasteiger partial charge in [0.1, 0.15) is 0 Å². The van der Waals surface area contributed by atoms with Crippen molar-refractivity contribution in [3.8, 4) is 0 Å². The Morgan fingerprint density at radius 1 is 1.33 bits per heavy atom. The molecular formula is C8H6Br2N2. The second-order valence-corrected chi connectivity index (χ2v) is 4.31. The molecule has 12 heavy (non-hydrogen) atoms. The van der Waals surface area contributed by atoms with Crippen LogP contribution in [0.3, 0.4) is 0 Å². The minimum absolute atomic E-state index is 1.00. The lowest BCUT2D eigenvalue weighted by molar-refractivity contribution is 0.940. The highest BCUT2D eigenvalue weighted by Gasteiger charge is 2.03. The topological polar surface area (TPSA) is 17.8 Å². The third kappa shape index (κ3) is 1.19. The summed E-state index contributed by atoms with van der Waals surface area (Å²) >= 11 is 6.83. The van der Waals surface area contributed by atoms with E-state index in [0.29, 0.717) is 0 Å². The van der Waals surface area contributed by atoms with E-state index in [-0.39, 0.29) is 0 Å². The Hall–Kier alpha value is -0.350. The van der Waals surface area contributed by atoms with Gasteiger partial charge in [0.25, 0.3) is 0 Å². The van der Waals surface area contributed by atoms with Gasteiger partial charge in [0.15, 0.2) is 0 Å². The van der Waals surface area contributed by atoms with Gasteiger partial charge in [-0.2, -0.15) is 0 Å². The van der Waals surface area contributed by atoms with Gasteiger partial charge in [-0.3, -0.25) is 4.98 Å². The Bertz CT molecular complexity index is 434.